The van der Waals surface area contributed by atoms with E-state index in [-0.39, 0.29) is 6.04 Å². The Hall–Kier alpha value is -1.46. The highest BCUT2D eigenvalue weighted by molar-refractivity contribution is 7.09. The summed E-state index contributed by atoms with van der Waals surface area (Å²) in [5.74, 6) is 0.557. The minimum atomic E-state index is -0.0750. The van der Waals surface area contributed by atoms with Crippen molar-refractivity contribution in [3.05, 3.63) is 40.5 Å². The van der Waals surface area contributed by atoms with Gasteiger partial charge in [0.1, 0.15) is 6.33 Å². The number of ether oxygens (including phenoxy) is 1. The van der Waals surface area contributed by atoms with Crippen LogP contribution < -0.4 is 10.5 Å². The molecule has 1 atom stereocenters. The molecule has 2 heterocycles. The first kappa shape index (κ1) is 12.0. The quantitative estimate of drug-likeness (QED) is 0.882. The Morgan fingerprint density at radius 2 is 2.35 bits per heavy atom. The summed E-state index contributed by atoms with van der Waals surface area (Å²) in [6, 6.07) is 5.89. The molecule has 2 N–H and O–H groups in total. The number of hydrogen-bond donors (Lipinski definition) is 1. The van der Waals surface area contributed by atoms with Gasteiger partial charge in [0.05, 0.1) is 12.8 Å². The number of nitrogens with two attached hydrogens (primary N) is 1. The van der Waals surface area contributed by atoms with Crippen molar-refractivity contribution in [3.63, 3.8) is 0 Å². The standard InChI is InChI=1S/C12H15N3OS/c1-16-12-7-11(14-8-15-12)10(13)5-4-9-3-2-6-17-9/h2-3,6-8,10H,4-5,13H2,1H3. The van der Waals surface area contributed by atoms with E-state index >= 15 is 0 Å². The Bertz CT molecular complexity index is 459. The maximum Gasteiger partial charge on any atom is 0.216 e. The normalized spacial score (nSPS) is 12.4. The third-order valence-corrected chi connectivity index (χ3v) is 3.47. The van der Waals surface area contributed by atoms with Gasteiger partial charge in [-0.3, -0.25) is 0 Å². The Morgan fingerprint density at radius 3 is 3.06 bits per heavy atom. The summed E-state index contributed by atoms with van der Waals surface area (Å²) in [5.41, 5.74) is 6.92. The predicted octanol–water partition coefficient (Wildman–Crippen LogP) is 2.18. The van der Waals surface area contributed by atoms with Gasteiger partial charge in [0.15, 0.2) is 0 Å². The number of aryl methyl sites for hydroxylation is 1. The minimum absolute atomic E-state index is 0.0750. The van der Waals surface area contributed by atoms with Gasteiger partial charge >= 0.3 is 0 Å². The summed E-state index contributed by atoms with van der Waals surface area (Å²) < 4.78 is 5.05. The summed E-state index contributed by atoms with van der Waals surface area (Å²) in [6.45, 7) is 0. The fraction of sp³-hybridized carbons (Fsp3) is 0.333. The summed E-state index contributed by atoms with van der Waals surface area (Å²) in [5, 5.41) is 2.08. The molecule has 2 aromatic heterocycles. The number of nitrogens with zero attached hydrogens (tertiary/aromatic N) is 2. The van der Waals surface area contributed by atoms with Crippen LogP contribution in [0.3, 0.4) is 0 Å². The second kappa shape index (κ2) is 5.75. The van der Waals surface area contributed by atoms with Crippen LogP contribution in [0.5, 0.6) is 5.88 Å². The lowest BCUT2D eigenvalue weighted by atomic mass is 10.1. The van der Waals surface area contributed by atoms with Gasteiger partial charge in [-0.05, 0) is 24.3 Å². The molecule has 0 aliphatic carbocycles. The molecular weight excluding hydrogens is 234 g/mol. The molecule has 2 rings (SSSR count). The summed E-state index contributed by atoms with van der Waals surface area (Å²) in [4.78, 5) is 9.49. The first-order valence-electron chi connectivity index (χ1n) is 5.43. The zero-order valence-corrected chi connectivity index (χ0v) is 10.5. The Labute approximate surface area is 104 Å². The van der Waals surface area contributed by atoms with Crippen molar-refractivity contribution in [2.24, 2.45) is 5.73 Å². The smallest absolute Gasteiger partial charge is 0.216 e. The molecule has 17 heavy (non-hydrogen) atoms. The van der Waals surface area contributed by atoms with E-state index in [0.717, 1.165) is 18.5 Å². The first-order valence-corrected chi connectivity index (χ1v) is 6.31. The van der Waals surface area contributed by atoms with Gasteiger partial charge in [-0.25, -0.2) is 9.97 Å². The number of rotatable bonds is 5. The maximum absolute atomic E-state index is 6.09. The monoisotopic (exact) mass is 249 g/mol. The summed E-state index contributed by atoms with van der Waals surface area (Å²) >= 11 is 1.75. The third kappa shape index (κ3) is 3.25. The van der Waals surface area contributed by atoms with Crippen molar-refractivity contribution in [1.29, 1.82) is 0 Å². The molecule has 0 aliphatic heterocycles. The highest BCUT2D eigenvalue weighted by Gasteiger charge is 2.09. The van der Waals surface area contributed by atoms with Crippen LogP contribution in [0.1, 0.15) is 23.0 Å². The summed E-state index contributed by atoms with van der Waals surface area (Å²) in [7, 11) is 1.59. The molecule has 0 saturated carbocycles. The molecular formula is C12H15N3OS. The second-order valence-corrected chi connectivity index (χ2v) is 4.74. The lowest BCUT2D eigenvalue weighted by Gasteiger charge is -2.10. The van der Waals surface area contributed by atoms with Crippen LogP contribution in [0.2, 0.25) is 0 Å². The average molecular weight is 249 g/mol. The molecule has 90 valence electrons. The fourth-order valence-electron chi connectivity index (χ4n) is 1.57. The molecule has 2 aromatic rings. The molecule has 0 spiro atoms. The fourth-order valence-corrected chi connectivity index (χ4v) is 2.29. The first-order chi connectivity index (χ1) is 8.29. The molecule has 4 nitrogen and oxygen atoms in total. The lowest BCUT2D eigenvalue weighted by molar-refractivity contribution is 0.395. The lowest BCUT2D eigenvalue weighted by Crippen LogP contribution is -2.13. The van der Waals surface area contributed by atoms with Crippen LogP contribution in [0.4, 0.5) is 0 Å². The number of aromatic nitrogens is 2. The topological polar surface area (TPSA) is 61.0 Å². The zero-order chi connectivity index (χ0) is 12.1. The molecule has 0 aliphatic rings. The SMILES string of the molecule is COc1cc(C(N)CCc2cccs2)ncn1. The van der Waals surface area contributed by atoms with Crippen molar-refractivity contribution in [2.45, 2.75) is 18.9 Å². The maximum atomic E-state index is 6.09. The van der Waals surface area contributed by atoms with E-state index in [4.69, 9.17) is 10.5 Å². The van der Waals surface area contributed by atoms with E-state index in [1.165, 1.54) is 11.2 Å². The van der Waals surface area contributed by atoms with Gasteiger partial charge < -0.3 is 10.5 Å². The van der Waals surface area contributed by atoms with E-state index in [9.17, 15) is 0 Å². The van der Waals surface area contributed by atoms with Crippen LogP contribution in [-0.2, 0) is 6.42 Å². The molecule has 0 saturated heterocycles. The van der Waals surface area contributed by atoms with Crippen LogP contribution >= 0.6 is 11.3 Å². The number of hydrogen-bond acceptors (Lipinski definition) is 5. The van der Waals surface area contributed by atoms with Gasteiger partial charge in [0, 0.05) is 17.0 Å². The van der Waals surface area contributed by atoms with Crippen molar-refractivity contribution in [1.82, 2.24) is 9.97 Å². The van der Waals surface area contributed by atoms with Gasteiger partial charge in [0.2, 0.25) is 5.88 Å². The van der Waals surface area contributed by atoms with Gasteiger partial charge in [-0.2, -0.15) is 0 Å². The van der Waals surface area contributed by atoms with E-state index in [1.54, 1.807) is 24.5 Å². The zero-order valence-electron chi connectivity index (χ0n) is 9.67. The Balaban J connectivity index is 1.96. The predicted molar refractivity (Wildman–Crippen MR) is 68.2 cm³/mol. The van der Waals surface area contributed by atoms with Crippen molar-refractivity contribution in [2.75, 3.05) is 7.11 Å². The number of methoxy groups -OCH3 is 1. The van der Waals surface area contributed by atoms with Crippen LogP contribution in [-0.4, -0.2) is 17.1 Å². The van der Waals surface area contributed by atoms with Crippen molar-refractivity contribution in [3.8, 4) is 5.88 Å². The largest absolute Gasteiger partial charge is 0.481 e. The molecule has 0 aromatic carbocycles. The third-order valence-electron chi connectivity index (χ3n) is 2.53. The molecule has 1 unspecified atom stereocenters. The highest BCUT2D eigenvalue weighted by Crippen LogP contribution is 2.19. The van der Waals surface area contributed by atoms with E-state index in [1.807, 2.05) is 0 Å². The number of thiophene rings is 1. The van der Waals surface area contributed by atoms with Crippen LogP contribution in [0.25, 0.3) is 0 Å². The Kier molecular flexibility index (Phi) is 4.06. The molecule has 0 amide bonds. The van der Waals surface area contributed by atoms with E-state index in [2.05, 4.69) is 27.5 Å². The molecule has 0 radical (unpaired) electrons. The second-order valence-electron chi connectivity index (χ2n) is 3.71. The van der Waals surface area contributed by atoms with Crippen LogP contribution in [0.15, 0.2) is 29.9 Å². The van der Waals surface area contributed by atoms with Gasteiger partial charge in [-0.15, -0.1) is 11.3 Å². The van der Waals surface area contributed by atoms with E-state index in [0.29, 0.717) is 5.88 Å². The summed E-state index contributed by atoms with van der Waals surface area (Å²) in [6.07, 6.45) is 3.34. The van der Waals surface area contributed by atoms with Crippen LogP contribution in [0, 0.1) is 0 Å². The average Bonchev–Trinajstić information content (AvgIpc) is 2.89. The van der Waals surface area contributed by atoms with Gasteiger partial charge in [0.25, 0.3) is 0 Å². The molecule has 0 bridgehead atoms. The molecule has 5 heteroatoms. The molecule has 0 fully saturated rings. The van der Waals surface area contributed by atoms with Crippen molar-refractivity contribution >= 4 is 11.3 Å². The minimum Gasteiger partial charge on any atom is -0.481 e. The van der Waals surface area contributed by atoms with E-state index < -0.39 is 0 Å². The Morgan fingerprint density at radius 1 is 1.47 bits per heavy atom. The van der Waals surface area contributed by atoms with Gasteiger partial charge in [-0.1, -0.05) is 6.07 Å². The highest BCUT2D eigenvalue weighted by atomic mass is 32.1. The van der Waals surface area contributed by atoms with Crippen molar-refractivity contribution < 1.29 is 4.74 Å².